The molecule has 58 heavy (non-hydrogen) atoms. The van der Waals surface area contributed by atoms with E-state index in [1.165, 1.54) is 76.8 Å². The Morgan fingerprint density at radius 2 is 0.931 bits per heavy atom. The van der Waals surface area contributed by atoms with Gasteiger partial charge >= 0.3 is 0 Å². The van der Waals surface area contributed by atoms with E-state index in [0.29, 0.717) is 0 Å². The van der Waals surface area contributed by atoms with Crippen LogP contribution in [0.15, 0.2) is 84.9 Å². The van der Waals surface area contributed by atoms with E-state index in [9.17, 15) is 0 Å². The third-order valence-corrected chi connectivity index (χ3v) is 14.1. The van der Waals surface area contributed by atoms with Crippen LogP contribution in [0.4, 0.5) is 11.4 Å². The van der Waals surface area contributed by atoms with Crippen LogP contribution in [0.1, 0.15) is 109 Å². The summed E-state index contributed by atoms with van der Waals surface area (Å²) in [5.41, 5.74) is 17.5. The lowest BCUT2D eigenvalue weighted by Crippen LogP contribution is -2.23. The van der Waals surface area contributed by atoms with E-state index in [1.54, 1.807) is 22.7 Å². The molecule has 6 aromatic rings. The van der Waals surface area contributed by atoms with Crippen molar-refractivity contribution in [3.05, 3.63) is 160 Å². The summed E-state index contributed by atoms with van der Waals surface area (Å²) in [6.45, 7) is 21.8. The van der Waals surface area contributed by atoms with Crippen molar-refractivity contribution < 1.29 is 0 Å². The fraction of sp³-hybridized carbons (Fsp3) is 0.259. The van der Waals surface area contributed by atoms with Crippen molar-refractivity contribution >= 4 is 58.4 Å². The Morgan fingerprint density at radius 1 is 0.500 bits per heavy atom. The summed E-state index contributed by atoms with van der Waals surface area (Å²) in [6, 6.07) is 31.1. The van der Waals surface area contributed by atoms with E-state index < -0.39 is 0 Å². The molecule has 7 rings (SSSR count). The molecular formula is C54H54N2S2. The zero-order valence-electron chi connectivity index (χ0n) is 35.3. The molecule has 0 unspecified atom stereocenters. The zero-order valence-corrected chi connectivity index (χ0v) is 37.0. The molecule has 0 aliphatic heterocycles. The van der Waals surface area contributed by atoms with Gasteiger partial charge < -0.3 is 9.80 Å². The number of hydrogen-bond acceptors (Lipinski definition) is 4. The van der Waals surface area contributed by atoms with Crippen LogP contribution >= 0.6 is 22.7 Å². The molecule has 2 nitrogen and oxygen atoms in total. The monoisotopic (exact) mass is 794 g/mol. The van der Waals surface area contributed by atoms with Crippen LogP contribution in [0.3, 0.4) is 0 Å². The summed E-state index contributed by atoms with van der Waals surface area (Å²) < 4.78 is 0. The lowest BCUT2D eigenvalue weighted by atomic mass is 10.0. The van der Waals surface area contributed by atoms with E-state index >= 15 is 0 Å². The summed E-state index contributed by atoms with van der Waals surface area (Å²) in [7, 11) is 0. The van der Waals surface area contributed by atoms with E-state index in [1.807, 2.05) is 0 Å². The van der Waals surface area contributed by atoms with Gasteiger partial charge in [-0.3, -0.25) is 0 Å². The molecule has 0 saturated carbocycles. The minimum absolute atomic E-state index is 0.903. The molecule has 2 heterocycles. The van der Waals surface area contributed by atoms with Gasteiger partial charge in [-0.2, -0.15) is 0 Å². The Balaban J connectivity index is 1.01. The van der Waals surface area contributed by atoms with Crippen molar-refractivity contribution in [3.63, 3.8) is 0 Å². The van der Waals surface area contributed by atoms with Crippen LogP contribution in [-0.4, -0.2) is 26.2 Å². The van der Waals surface area contributed by atoms with Gasteiger partial charge in [0.05, 0.1) is 9.75 Å². The van der Waals surface area contributed by atoms with Gasteiger partial charge in [-0.15, -0.1) is 22.7 Å². The Kier molecular flexibility index (Phi) is 12.9. The minimum atomic E-state index is 0.903. The second-order valence-electron chi connectivity index (χ2n) is 15.1. The number of rotatable bonds is 11. The molecule has 0 atom stereocenters. The minimum Gasteiger partial charge on any atom is -0.372 e. The number of thiophene rings is 2. The first-order chi connectivity index (χ1) is 28.2. The fourth-order valence-corrected chi connectivity index (χ4v) is 9.82. The predicted molar refractivity (Wildman–Crippen MR) is 257 cm³/mol. The van der Waals surface area contributed by atoms with Crippen LogP contribution in [0.5, 0.6) is 0 Å². The lowest BCUT2D eigenvalue weighted by molar-refractivity contribution is 0.792. The van der Waals surface area contributed by atoms with Crippen molar-refractivity contribution in [1.29, 1.82) is 0 Å². The number of fused-ring (bicyclic) bond motifs is 3. The van der Waals surface area contributed by atoms with E-state index in [4.69, 9.17) is 0 Å². The molecule has 0 radical (unpaired) electrons. The number of anilines is 2. The molecule has 0 bridgehead atoms. The Hall–Kier alpha value is -5.52. The Bertz CT molecular complexity index is 2600. The van der Waals surface area contributed by atoms with Crippen molar-refractivity contribution in [1.82, 2.24) is 0 Å². The molecule has 0 spiro atoms. The van der Waals surface area contributed by atoms with Crippen LogP contribution in [-0.2, 0) is 6.42 Å². The second kappa shape index (κ2) is 18.4. The molecule has 4 heteroatoms. The standard InChI is InChI=1S/C54H54N2S2/c1-9-33-56(12-4)48-25-15-42(16-26-48)20-30-52-38(6)40(8)54(58-52)32-22-44-18-28-50-46(35-44)36-45-34-43(17-27-49(45)50)21-31-53-39(7)37(5)51(57-53)29-19-41-13-23-47(24-14-41)55(10-2)11-3/h13-20,23-30,34-35H,9-12,33,36H2,1-8H3/b29-19+,30-20+. The smallest absolute Gasteiger partial charge is 0.0810 e. The van der Waals surface area contributed by atoms with Gasteiger partial charge in [0, 0.05) is 58.4 Å². The summed E-state index contributed by atoms with van der Waals surface area (Å²) in [5.74, 6) is 14.0. The third kappa shape index (κ3) is 8.95. The first-order valence-electron chi connectivity index (χ1n) is 20.8. The maximum atomic E-state index is 3.52. The molecule has 4 aromatic carbocycles. The van der Waals surface area contributed by atoms with Crippen LogP contribution in [0.25, 0.3) is 35.4 Å². The number of hydrogen-bond donors (Lipinski definition) is 0. The maximum absolute atomic E-state index is 3.52. The predicted octanol–water partition coefficient (Wildman–Crippen LogP) is 13.8. The summed E-state index contributed by atoms with van der Waals surface area (Å²) in [6.07, 6.45) is 11.0. The van der Waals surface area contributed by atoms with Crippen LogP contribution in [0.2, 0.25) is 0 Å². The summed E-state index contributed by atoms with van der Waals surface area (Å²) >= 11 is 3.57. The normalized spacial score (nSPS) is 11.7. The highest BCUT2D eigenvalue weighted by atomic mass is 32.1. The van der Waals surface area contributed by atoms with Crippen molar-refractivity contribution in [2.75, 3.05) is 36.0 Å². The average molecular weight is 795 g/mol. The van der Waals surface area contributed by atoms with Gasteiger partial charge in [0.1, 0.15) is 0 Å². The molecule has 0 fully saturated rings. The van der Waals surface area contributed by atoms with Crippen molar-refractivity contribution in [2.45, 2.75) is 68.2 Å². The topological polar surface area (TPSA) is 6.48 Å². The largest absolute Gasteiger partial charge is 0.372 e. The molecule has 1 aliphatic carbocycles. The molecule has 292 valence electrons. The van der Waals surface area contributed by atoms with E-state index in [0.717, 1.165) is 59.9 Å². The molecule has 1 aliphatic rings. The molecule has 0 amide bonds. The van der Waals surface area contributed by atoms with Crippen molar-refractivity contribution in [3.8, 4) is 34.8 Å². The second-order valence-corrected chi connectivity index (χ2v) is 17.2. The Morgan fingerprint density at radius 3 is 1.34 bits per heavy atom. The van der Waals surface area contributed by atoms with Crippen LogP contribution in [0, 0.1) is 51.4 Å². The van der Waals surface area contributed by atoms with E-state index in [2.05, 4.69) is 198 Å². The summed E-state index contributed by atoms with van der Waals surface area (Å²) in [5, 5.41) is 0. The van der Waals surface area contributed by atoms with Gasteiger partial charge in [0.2, 0.25) is 0 Å². The molecule has 2 aromatic heterocycles. The van der Waals surface area contributed by atoms with Gasteiger partial charge in [0.15, 0.2) is 0 Å². The maximum Gasteiger partial charge on any atom is 0.0810 e. The van der Waals surface area contributed by atoms with Gasteiger partial charge in [0.25, 0.3) is 0 Å². The summed E-state index contributed by atoms with van der Waals surface area (Å²) in [4.78, 5) is 9.60. The third-order valence-electron chi connectivity index (χ3n) is 11.5. The highest BCUT2D eigenvalue weighted by Gasteiger charge is 2.19. The van der Waals surface area contributed by atoms with Crippen molar-refractivity contribution in [2.24, 2.45) is 0 Å². The first kappa shape index (κ1) is 40.7. The molecule has 0 N–H and O–H groups in total. The van der Waals surface area contributed by atoms with Gasteiger partial charge in [-0.05, 0) is 178 Å². The Labute approximate surface area is 355 Å². The first-order valence-corrected chi connectivity index (χ1v) is 22.4. The fourth-order valence-electron chi connectivity index (χ4n) is 7.68. The highest BCUT2D eigenvalue weighted by Crippen LogP contribution is 2.38. The quantitative estimate of drug-likeness (QED) is 0.120. The number of benzene rings is 4. The lowest BCUT2D eigenvalue weighted by Gasteiger charge is -2.22. The van der Waals surface area contributed by atoms with Gasteiger partial charge in [-0.1, -0.05) is 79.2 Å². The average Bonchev–Trinajstić information content (AvgIpc) is 3.85. The number of nitrogens with zero attached hydrogens (tertiary/aromatic N) is 2. The highest BCUT2D eigenvalue weighted by molar-refractivity contribution is 7.14. The van der Waals surface area contributed by atoms with E-state index in [-0.39, 0.29) is 0 Å². The molecule has 0 saturated heterocycles. The zero-order chi connectivity index (χ0) is 40.8. The van der Waals surface area contributed by atoms with Gasteiger partial charge in [-0.25, -0.2) is 0 Å². The molecular weight excluding hydrogens is 741 g/mol. The van der Waals surface area contributed by atoms with Crippen LogP contribution < -0.4 is 9.80 Å². The SMILES string of the molecule is CCCN(CC)c1ccc(/C=C/c2sc(C#Cc3ccc4c(c3)Cc3cc(C#Cc5sc(/C=C/c6ccc(N(CC)CC)cc6)c(C)c5C)ccc3-4)c(C)c2C)cc1.